The average molecular weight is 482 g/mol. The summed E-state index contributed by atoms with van der Waals surface area (Å²) in [6, 6.07) is 12.0. The van der Waals surface area contributed by atoms with Gasteiger partial charge in [-0.15, -0.1) is 0 Å². The van der Waals surface area contributed by atoms with E-state index in [1.54, 1.807) is 19.1 Å². The SMILES string of the molecule is Cc1ccc(C(=O)OCCOc2ccc(Br)cc2)cc1S(=O)(=O)N1CCCCC1. The molecule has 2 aromatic rings. The fourth-order valence-electron chi connectivity index (χ4n) is 3.16. The van der Waals surface area contributed by atoms with Gasteiger partial charge in [0.25, 0.3) is 0 Å². The Hall–Kier alpha value is -1.90. The second-order valence-electron chi connectivity index (χ2n) is 6.88. The van der Waals surface area contributed by atoms with Crippen LogP contribution >= 0.6 is 15.9 Å². The molecule has 3 rings (SSSR count). The summed E-state index contributed by atoms with van der Waals surface area (Å²) in [4.78, 5) is 12.5. The highest BCUT2D eigenvalue weighted by atomic mass is 79.9. The van der Waals surface area contributed by atoms with Gasteiger partial charge in [0.2, 0.25) is 10.0 Å². The van der Waals surface area contributed by atoms with Gasteiger partial charge in [0, 0.05) is 17.6 Å². The molecule has 0 spiro atoms. The molecule has 1 aliphatic heterocycles. The lowest BCUT2D eigenvalue weighted by atomic mass is 10.1. The molecule has 0 amide bonds. The van der Waals surface area contributed by atoms with E-state index in [1.807, 2.05) is 24.3 Å². The fraction of sp³-hybridized carbons (Fsp3) is 0.381. The third-order valence-corrected chi connectivity index (χ3v) is 7.32. The Labute approximate surface area is 180 Å². The number of halogens is 1. The van der Waals surface area contributed by atoms with E-state index in [9.17, 15) is 13.2 Å². The number of carbonyl (C=O) groups excluding carboxylic acids is 1. The lowest BCUT2D eigenvalue weighted by Gasteiger charge is -2.26. The highest BCUT2D eigenvalue weighted by Gasteiger charge is 2.28. The summed E-state index contributed by atoms with van der Waals surface area (Å²) in [6.45, 7) is 3.04. The van der Waals surface area contributed by atoms with E-state index in [1.165, 1.54) is 10.4 Å². The van der Waals surface area contributed by atoms with Gasteiger partial charge < -0.3 is 9.47 Å². The minimum absolute atomic E-state index is 0.0665. The van der Waals surface area contributed by atoms with E-state index in [0.29, 0.717) is 24.4 Å². The number of benzene rings is 2. The quantitative estimate of drug-likeness (QED) is 0.438. The summed E-state index contributed by atoms with van der Waals surface area (Å²) in [5.74, 6) is 0.106. The molecular weight excluding hydrogens is 458 g/mol. The van der Waals surface area contributed by atoms with E-state index in [4.69, 9.17) is 9.47 Å². The fourth-order valence-corrected chi connectivity index (χ4v) is 5.19. The Morgan fingerprint density at radius 3 is 2.41 bits per heavy atom. The lowest BCUT2D eigenvalue weighted by molar-refractivity contribution is 0.0450. The molecule has 8 heteroatoms. The van der Waals surface area contributed by atoms with Gasteiger partial charge in [-0.1, -0.05) is 28.4 Å². The summed E-state index contributed by atoms with van der Waals surface area (Å²) in [5.41, 5.74) is 0.834. The summed E-state index contributed by atoms with van der Waals surface area (Å²) in [6.07, 6.45) is 2.76. The lowest BCUT2D eigenvalue weighted by Crippen LogP contribution is -2.36. The Morgan fingerprint density at radius 2 is 1.72 bits per heavy atom. The molecule has 0 bridgehead atoms. The van der Waals surface area contributed by atoms with Crippen LogP contribution in [0, 0.1) is 6.92 Å². The number of rotatable bonds is 7. The first-order chi connectivity index (χ1) is 13.9. The van der Waals surface area contributed by atoms with Crippen molar-refractivity contribution in [3.05, 3.63) is 58.1 Å². The normalized spacial score (nSPS) is 15.1. The topological polar surface area (TPSA) is 72.9 Å². The minimum Gasteiger partial charge on any atom is -0.490 e. The van der Waals surface area contributed by atoms with Crippen molar-refractivity contribution >= 4 is 31.9 Å². The molecule has 0 aromatic heterocycles. The maximum atomic E-state index is 13.0. The van der Waals surface area contributed by atoms with Crippen molar-refractivity contribution in [2.24, 2.45) is 0 Å². The van der Waals surface area contributed by atoms with Gasteiger partial charge in [0.05, 0.1) is 10.5 Å². The molecule has 1 saturated heterocycles. The standard InChI is InChI=1S/C21H24BrNO5S/c1-16-5-6-17(15-20(16)29(25,26)23-11-3-2-4-12-23)21(24)28-14-13-27-19-9-7-18(22)8-10-19/h5-10,15H,2-4,11-14H2,1H3. The van der Waals surface area contributed by atoms with E-state index < -0.39 is 16.0 Å². The first-order valence-electron chi connectivity index (χ1n) is 9.54. The smallest absolute Gasteiger partial charge is 0.338 e. The molecule has 0 N–H and O–H groups in total. The Balaban J connectivity index is 1.62. The van der Waals surface area contributed by atoms with Crippen molar-refractivity contribution in [3.8, 4) is 5.75 Å². The van der Waals surface area contributed by atoms with Crippen LogP contribution in [0.5, 0.6) is 5.75 Å². The van der Waals surface area contributed by atoms with E-state index in [-0.39, 0.29) is 23.7 Å². The van der Waals surface area contributed by atoms with Crippen LogP contribution in [0.2, 0.25) is 0 Å². The third kappa shape index (κ3) is 5.58. The number of aryl methyl sites for hydroxylation is 1. The molecule has 0 radical (unpaired) electrons. The van der Waals surface area contributed by atoms with Crippen molar-refractivity contribution in [2.75, 3.05) is 26.3 Å². The van der Waals surface area contributed by atoms with Crippen LogP contribution in [-0.2, 0) is 14.8 Å². The predicted octanol–water partition coefficient (Wildman–Crippen LogP) is 4.17. The number of ether oxygens (including phenoxy) is 2. The van der Waals surface area contributed by atoms with Crippen LogP contribution in [0.15, 0.2) is 51.8 Å². The van der Waals surface area contributed by atoms with Crippen molar-refractivity contribution in [2.45, 2.75) is 31.1 Å². The average Bonchev–Trinajstić information content (AvgIpc) is 2.73. The number of nitrogens with zero attached hydrogens (tertiary/aromatic N) is 1. The van der Waals surface area contributed by atoms with Crippen LogP contribution in [0.4, 0.5) is 0 Å². The van der Waals surface area contributed by atoms with Crippen molar-refractivity contribution in [3.63, 3.8) is 0 Å². The zero-order valence-electron chi connectivity index (χ0n) is 16.3. The molecular formula is C21H24BrNO5S. The summed E-state index contributed by atoms with van der Waals surface area (Å²) < 4.78 is 39.2. The van der Waals surface area contributed by atoms with Crippen molar-refractivity contribution < 1.29 is 22.7 Å². The van der Waals surface area contributed by atoms with Crippen LogP contribution in [0.1, 0.15) is 35.2 Å². The summed E-state index contributed by atoms with van der Waals surface area (Å²) in [7, 11) is -3.62. The number of sulfonamides is 1. The van der Waals surface area contributed by atoms with Gasteiger partial charge in [-0.3, -0.25) is 0 Å². The van der Waals surface area contributed by atoms with Crippen molar-refractivity contribution in [1.82, 2.24) is 4.31 Å². The zero-order valence-corrected chi connectivity index (χ0v) is 18.7. The van der Waals surface area contributed by atoms with Gasteiger partial charge in [0.1, 0.15) is 19.0 Å². The van der Waals surface area contributed by atoms with E-state index in [0.717, 1.165) is 23.7 Å². The Bertz CT molecular complexity index is 954. The van der Waals surface area contributed by atoms with Gasteiger partial charge in [-0.05, 0) is 61.7 Å². The molecule has 2 aromatic carbocycles. The minimum atomic E-state index is -3.62. The van der Waals surface area contributed by atoms with Crippen LogP contribution in [0.3, 0.4) is 0 Å². The molecule has 0 atom stereocenters. The number of piperidine rings is 1. The van der Waals surface area contributed by atoms with Gasteiger partial charge in [-0.2, -0.15) is 4.31 Å². The molecule has 29 heavy (non-hydrogen) atoms. The first kappa shape index (κ1) is 21.8. The van der Waals surface area contributed by atoms with Gasteiger partial charge in [-0.25, -0.2) is 13.2 Å². The second-order valence-corrected chi connectivity index (χ2v) is 9.71. The molecule has 0 aliphatic carbocycles. The predicted molar refractivity (Wildman–Crippen MR) is 114 cm³/mol. The second kappa shape index (κ2) is 9.73. The maximum absolute atomic E-state index is 13.0. The maximum Gasteiger partial charge on any atom is 0.338 e. The molecule has 1 aliphatic rings. The van der Waals surface area contributed by atoms with E-state index in [2.05, 4.69) is 15.9 Å². The van der Waals surface area contributed by atoms with Gasteiger partial charge in [0.15, 0.2) is 0 Å². The number of carbonyl (C=O) groups is 1. The van der Waals surface area contributed by atoms with Crippen LogP contribution in [0.25, 0.3) is 0 Å². The summed E-state index contributed by atoms with van der Waals surface area (Å²) >= 11 is 3.35. The monoisotopic (exact) mass is 481 g/mol. The highest BCUT2D eigenvalue weighted by Crippen LogP contribution is 2.24. The van der Waals surface area contributed by atoms with Crippen molar-refractivity contribution in [1.29, 1.82) is 0 Å². The molecule has 1 fully saturated rings. The van der Waals surface area contributed by atoms with Crippen LogP contribution in [-0.4, -0.2) is 45.0 Å². The van der Waals surface area contributed by atoms with Gasteiger partial charge >= 0.3 is 5.97 Å². The largest absolute Gasteiger partial charge is 0.490 e. The van der Waals surface area contributed by atoms with Crippen LogP contribution < -0.4 is 4.74 Å². The molecule has 1 heterocycles. The number of esters is 1. The first-order valence-corrected chi connectivity index (χ1v) is 11.8. The molecule has 156 valence electrons. The summed E-state index contributed by atoms with van der Waals surface area (Å²) in [5, 5.41) is 0. The molecule has 0 saturated carbocycles. The number of hydrogen-bond acceptors (Lipinski definition) is 5. The Kier molecular flexibility index (Phi) is 7.32. The molecule has 6 nitrogen and oxygen atoms in total. The third-order valence-electron chi connectivity index (χ3n) is 4.76. The zero-order chi connectivity index (χ0) is 20.9. The highest BCUT2D eigenvalue weighted by molar-refractivity contribution is 9.10. The molecule has 0 unspecified atom stereocenters. The number of hydrogen-bond donors (Lipinski definition) is 0. The Morgan fingerprint density at radius 1 is 1.03 bits per heavy atom. The van der Waals surface area contributed by atoms with E-state index >= 15 is 0 Å².